The molecule has 0 aromatic carbocycles. The molecule has 0 aliphatic heterocycles. The molecule has 2 heterocycles. The molecule has 2 aromatic rings. The zero-order valence-electron chi connectivity index (χ0n) is 10.3. The van der Waals surface area contributed by atoms with Gasteiger partial charge in [-0.2, -0.15) is 0 Å². The highest BCUT2D eigenvalue weighted by molar-refractivity contribution is 7.20. The standard InChI is InChI=1S/C12H11NO5S/c1-17-8-5-9-6(13-12(8)18-2)3-10(19-9)7(14)4-11(15)16/h3,5H,4H2,1-2H3,(H,15,16). The lowest BCUT2D eigenvalue weighted by molar-refractivity contribution is -0.135. The molecule has 0 radical (unpaired) electrons. The van der Waals surface area contributed by atoms with Gasteiger partial charge in [0.25, 0.3) is 5.88 Å². The minimum atomic E-state index is -1.15. The van der Waals surface area contributed by atoms with Gasteiger partial charge < -0.3 is 14.6 Å². The highest BCUT2D eigenvalue weighted by Crippen LogP contribution is 2.33. The minimum Gasteiger partial charge on any atom is -0.491 e. The fourth-order valence-corrected chi connectivity index (χ4v) is 2.55. The quantitative estimate of drug-likeness (QED) is 0.666. The molecule has 0 unspecified atom stereocenters. The van der Waals surface area contributed by atoms with Gasteiger partial charge in [-0.1, -0.05) is 0 Å². The van der Waals surface area contributed by atoms with Crippen molar-refractivity contribution in [3.05, 3.63) is 17.0 Å². The summed E-state index contributed by atoms with van der Waals surface area (Å²) in [5.41, 5.74) is 0.580. The Balaban J connectivity index is 2.45. The predicted molar refractivity (Wildman–Crippen MR) is 69.3 cm³/mol. The van der Waals surface area contributed by atoms with Crippen LogP contribution in [0.1, 0.15) is 16.1 Å². The van der Waals surface area contributed by atoms with E-state index >= 15 is 0 Å². The smallest absolute Gasteiger partial charge is 0.311 e. The van der Waals surface area contributed by atoms with E-state index in [0.717, 1.165) is 4.70 Å². The highest BCUT2D eigenvalue weighted by atomic mass is 32.1. The van der Waals surface area contributed by atoms with Gasteiger partial charge in [0.2, 0.25) is 0 Å². The summed E-state index contributed by atoms with van der Waals surface area (Å²) >= 11 is 1.19. The molecule has 6 nitrogen and oxygen atoms in total. The third-order valence-corrected chi connectivity index (χ3v) is 3.55. The van der Waals surface area contributed by atoms with Gasteiger partial charge in [-0.05, 0) is 6.07 Å². The second-order valence-electron chi connectivity index (χ2n) is 3.69. The van der Waals surface area contributed by atoms with E-state index in [4.69, 9.17) is 14.6 Å². The number of Topliss-reactive ketones (excluding diaryl/α,β-unsaturated/α-hetero) is 1. The molecule has 0 spiro atoms. The molecule has 7 heteroatoms. The lowest BCUT2D eigenvalue weighted by Crippen LogP contribution is -2.04. The maximum atomic E-state index is 11.7. The number of ketones is 1. The van der Waals surface area contributed by atoms with Crippen LogP contribution in [0.2, 0.25) is 0 Å². The summed E-state index contributed by atoms with van der Waals surface area (Å²) in [6, 6.07) is 3.27. The first-order chi connectivity index (χ1) is 9.05. The van der Waals surface area contributed by atoms with Gasteiger partial charge in [0.1, 0.15) is 6.42 Å². The molecule has 0 fully saturated rings. The number of fused-ring (bicyclic) bond motifs is 1. The van der Waals surface area contributed by atoms with Crippen LogP contribution < -0.4 is 9.47 Å². The first kappa shape index (κ1) is 13.3. The molecule has 0 atom stereocenters. The zero-order chi connectivity index (χ0) is 14.0. The van der Waals surface area contributed by atoms with E-state index < -0.39 is 18.2 Å². The van der Waals surface area contributed by atoms with Crippen LogP contribution in [0.25, 0.3) is 10.2 Å². The number of hydrogen-bond acceptors (Lipinski definition) is 6. The van der Waals surface area contributed by atoms with Gasteiger partial charge in [0.15, 0.2) is 11.5 Å². The summed E-state index contributed by atoms with van der Waals surface area (Å²) in [6.45, 7) is 0. The van der Waals surface area contributed by atoms with Crippen LogP contribution in [0.4, 0.5) is 0 Å². The van der Waals surface area contributed by atoms with Crippen LogP contribution in [0.3, 0.4) is 0 Å². The van der Waals surface area contributed by atoms with Crippen LogP contribution >= 0.6 is 11.3 Å². The molecule has 19 heavy (non-hydrogen) atoms. The number of carboxylic acids is 1. The molecule has 0 saturated heterocycles. The lowest BCUT2D eigenvalue weighted by atomic mass is 10.2. The molecule has 0 saturated carbocycles. The van der Waals surface area contributed by atoms with Crippen LogP contribution in [0.15, 0.2) is 12.1 Å². The Morgan fingerprint density at radius 3 is 2.63 bits per heavy atom. The van der Waals surface area contributed by atoms with Crippen molar-refractivity contribution in [3.63, 3.8) is 0 Å². The number of hydrogen-bond donors (Lipinski definition) is 1. The van der Waals surface area contributed by atoms with Crippen molar-refractivity contribution in [1.29, 1.82) is 0 Å². The number of carboxylic acid groups (broad SMARTS) is 1. The second-order valence-corrected chi connectivity index (χ2v) is 4.77. The summed E-state index contributed by atoms with van der Waals surface area (Å²) in [6.07, 6.45) is -0.527. The Labute approximate surface area is 112 Å². The minimum absolute atomic E-state index is 0.324. The van der Waals surface area contributed by atoms with E-state index in [0.29, 0.717) is 22.0 Å². The van der Waals surface area contributed by atoms with Crippen LogP contribution in [0.5, 0.6) is 11.6 Å². The topological polar surface area (TPSA) is 85.7 Å². The predicted octanol–water partition coefficient (Wildman–Crippen LogP) is 1.97. The molecule has 0 bridgehead atoms. The van der Waals surface area contributed by atoms with Gasteiger partial charge in [-0.3, -0.25) is 9.59 Å². The van der Waals surface area contributed by atoms with Gasteiger partial charge >= 0.3 is 5.97 Å². The third kappa shape index (κ3) is 2.65. The summed E-state index contributed by atoms with van der Waals surface area (Å²) < 4.78 is 10.9. The van der Waals surface area contributed by atoms with Gasteiger partial charge in [0, 0.05) is 6.07 Å². The SMILES string of the molecule is COc1cc2sc(C(=O)CC(=O)O)cc2nc1OC. The Morgan fingerprint density at radius 2 is 2.05 bits per heavy atom. The van der Waals surface area contributed by atoms with Crippen molar-refractivity contribution in [3.8, 4) is 11.6 Å². The lowest BCUT2D eigenvalue weighted by Gasteiger charge is -2.05. The summed E-state index contributed by atoms with van der Waals surface area (Å²) in [5.74, 6) is -0.793. The number of aliphatic carboxylic acids is 1. The monoisotopic (exact) mass is 281 g/mol. The Morgan fingerprint density at radius 1 is 1.32 bits per heavy atom. The maximum absolute atomic E-state index is 11.7. The van der Waals surface area contributed by atoms with E-state index in [-0.39, 0.29) is 0 Å². The summed E-state index contributed by atoms with van der Waals surface area (Å²) in [7, 11) is 2.97. The second kappa shape index (κ2) is 5.23. The number of methoxy groups -OCH3 is 2. The maximum Gasteiger partial charge on any atom is 0.311 e. The number of thiophene rings is 1. The average molecular weight is 281 g/mol. The molecule has 0 aliphatic carbocycles. The molecule has 2 rings (SSSR count). The first-order valence-electron chi connectivity index (χ1n) is 5.32. The number of ether oxygens (including phenoxy) is 2. The van der Waals surface area contributed by atoms with E-state index in [1.165, 1.54) is 25.6 Å². The molecule has 0 aliphatic rings. The van der Waals surface area contributed by atoms with E-state index in [1.54, 1.807) is 12.1 Å². The third-order valence-electron chi connectivity index (χ3n) is 2.44. The van der Waals surface area contributed by atoms with Gasteiger partial charge in [-0.25, -0.2) is 4.98 Å². The summed E-state index contributed by atoms with van der Waals surface area (Å²) in [5, 5.41) is 8.61. The Hall–Kier alpha value is -2.15. The molecule has 0 amide bonds. The van der Waals surface area contributed by atoms with Crippen LogP contribution in [0, 0.1) is 0 Å². The zero-order valence-corrected chi connectivity index (χ0v) is 11.1. The number of rotatable bonds is 5. The van der Waals surface area contributed by atoms with E-state index in [2.05, 4.69) is 4.98 Å². The Kier molecular flexibility index (Phi) is 3.66. The van der Waals surface area contributed by atoms with E-state index in [9.17, 15) is 9.59 Å². The van der Waals surface area contributed by atoms with Crippen molar-refractivity contribution < 1.29 is 24.2 Å². The Bertz CT molecular complexity index is 608. The number of carbonyl (C=O) groups is 2. The van der Waals surface area contributed by atoms with Crippen molar-refractivity contribution in [1.82, 2.24) is 4.98 Å². The molecule has 2 aromatic heterocycles. The molecular formula is C12H11NO5S. The normalized spacial score (nSPS) is 10.4. The largest absolute Gasteiger partial charge is 0.491 e. The number of aromatic nitrogens is 1. The molecule has 100 valence electrons. The van der Waals surface area contributed by atoms with Gasteiger partial charge in [-0.15, -0.1) is 11.3 Å². The molecular weight excluding hydrogens is 270 g/mol. The number of carbonyl (C=O) groups excluding carboxylic acids is 1. The van der Waals surface area contributed by atoms with Crippen molar-refractivity contribution in [2.75, 3.05) is 14.2 Å². The van der Waals surface area contributed by atoms with Crippen molar-refractivity contribution in [2.45, 2.75) is 6.42 Å². The average Bonchev–Trinajstić information content (AvgIpc) is 2.78. The number of nitrogens with zero attached hydrogens (tertiary/aromatic N) is 1. The fraction of sp³-hybridized carbons (Fsp3) is 0.250. The van der Waals surface area contributed by atoms with Crippen molar-refractivity contribution in [2.24, 2.45) is 0 Å². The molecule has 1 N–H and O–H groups in total. The first-order valence-corrected chi connectivity index (χ1v) is 6.14. The van der Waals surface area contributed by atoms with Crippen molar-refractivity contribution >= 4 is 33.3 Å². The highest BCUT2D eigenvalue weighted by Gasteiger charge is 2.16. The fourth-order valence-electron chi connectivity index (χ4n) is 1.59. The summed E-state index contributed by atoms with van der Waals surface area (Å²) in [4.78, 5) is 26.8. The van der Waals surface area contributed by atoms with Crippen LogP contribution in [-0.2, 0) is 4.79 Å². The number of pyridine rings is 1. The van der Waals surface area contributed by atoms with E-state index in [1.807, 2.05) is 0 Å². The van der Waals surface area contributed by atoms with Gasteiger partial charge in [0.05, 0.1) is 29.3 Å². The van der Waals surface area contributed by atoms with Crippen LogP contribution in [-0.4, -0.2) is 36.1 Å².